The summed E-state index contributed by atoms with van der Waals surface area (Å²) in [5, 5.41) is 2.84. The number of anilines is 2. The van der Waals surface area contributed by atoms with Gasteiger partial charge < -0.3 is 24.3 Å². The van der Waals surface area contributed by atoms with Crippen LogP contribution in [0.5, 0.6) is 23.0 Å². The van der Waals surface area contributed by atoms with Gasteiger partial charge in [0.2, 0.25) is 5.91 Å². The van der Waals surface area contributed by atoms with E-state index < -0.39 is 10.0 Å². The molecule has 0 saturated heterocycles. The van der Waals surface area contributed by atoms with E-state index in [1.165, 1.54) is 26.4 Å². The van der Waals surface area contributed by atoms with Gasteiger partial charge in [0.25, 0.3) is 10.0 Å². The quantitative estimate of drug-likeness (QED) is 0.461. The number of rotatable bonds is 9. The van der Waals surface area contributed by atoms with Gasteiger partial charge in [-0.15, -0.1) is 0 Å². The zero-order valence-corrected chi connectivity index (χ0v) is 20.2. The van der Waals surface area contributed by atoms with Crippen LogP contribution >= 0.6 is 0 Å². The minimum Gasteiger partial charge on any atom is -0.493 e. The number of carbonyl (C=O) groups is 1. The number of ether oxygens (including phenoxy) is 4. The van der Waals surface area contributed by atoms with Crippen LogP contribution in [-0.4, -0.2) is 41.8 Å². The predicted molar refractivity (Wildman–Crippen MR) is 131 cm³/mol. The molecule has 184 valence electrons. The number of carbonyl (C=O) groups excluding carboxylic acids is 1. The second-order valence-corrected chi connectivity index (χ2v) is 9.41. The van der Waals surface area contributed by atoms with E-state index in [9.17, 15) is 13.2 Å². The van der Waals surface area contributed by atoms with Gasteiger partial charge in [0.1, 0.15) is 13.2 Å². The van der Waals surface area contributed by atoms with E-state index in [2.05, 4.69) is 10.0 Å². The summed E-state index contributed by atoms with van der Waals surface area (Å²) < 4.78 is 49.5. The van der Waals surface area contributed by atoms with Crippen LogP contribution in [0.1, 0.15) is 12.0 Å². The number of nitrogens with one attached hydrogen (secondary N) is 2. The van der Waals surface area contributed by atoms with E-state index in [0.29, 0.717) is 54.0 Å². The molecule has 2 N–H and O–H groups in total. The third-order valence-corrected chi connectivity index (χ3v) is 6.73. The molecule has 0 spiro atoms. The van der Waals surface area contributed by atoms with Crippen molar-refractivity contribution in [3.8, 4) is 23.0 Å². The first kappa shape index (κ1) is 24.2. The maximum absolute atomic E-state index is 12.8. The van der Waals surface area contributed by atoms with Gasteiger partial charge in [0, 0.05) is 24.2 Å². The average molecular weight is 499 g/mol. The van der Waals surface area contributed by atoms with Crippen molar-refractivity contribution < 1.29 is 32.2 Å². The van der Waals surface area contributed by atoms with Crippen molar-refractivity contribution >= 4 is 27.3 Å². The van der Waals surface area contributed by atoms with Crippen molar-refractivity contribution in [2.45, 2.75) is 17.7 Å². The van der Waals surface area contributed by atoms with Crippen LogP contribution < -0.4 is 29.0 Å². The van der Waals surface area contributed by atoms with Crippen LogP contribution in [0.25, 0.3) is 0 Å². The number of fused-ring (bicyclic) bond motifs is 1. The Morgan fingerprint density at radius 1 is 0.857 bits per heavy atom. The van der Waals surface area contributed by atoms with Crippen LogP contribution in [0.3, 0.4) is 0 Å². The Kier molecular flexibility index (Phi) is 7.31. The van der Waals surface area contributed by atoms with Crippen molar-refractivity contribution in [1.29, 1.82) is 0 Å². The molecule has 0 radical (unpaired) electrons. The van der Waals surface area contributed by atoms with Gasteiger partial charge in [0.05, 0.1) is 24.8 Å². The van der Waals surface area contributed by atoms with Gasteiger partial charge in [-0.25, -0.2) is 8.42 Å². The van der Waals surface area contributed by atoms with E-state index in [1.54, 1.807) is 48.5 Å². The summed E-state index contributed by atoms with van der Waals surface area (Å²) in [4.78, 5) is 12.5. The van der Waals surface area contributed by atoms with Crippen molar-refractivity contribution in [1.82, 2.24) is 0 Å². The molecule has 10 heteroatoms. The van der Waals surface area contributed by atoms with Crippen LogP contribution in [0.4, 0.5) is 11.4 Å². The Morgan fingerprint density at radius 3 is 2.26 bits per heavy atom. The molecule has 0 aromatic heterocycles. The van der Waals surface area contributed by atoms with E-state index >= 15 is 0 Å². The lowest BCUT2D eigenvalue weighted by atomic mass is 10.1. The maximum Gasteiger partial charge on any atom is 0.261 e. The summed E-state index contributed by atoms with van der Waals surface area (Å²) in [6.45, 7) is 0.977. The molecular weight excluding hydrogens is 472 g/mol. The predicted octanol–water partition coefficient (Wildman–Crippen LogP) is 3.85. The molecule has 4 rings (SSSR count). The zero-order chi connectivity index (χ0) is 24.8. The Labute approximate surface area is 204 Å². The van der Waals surface area contributed by atoms with E-state index in [1.807, 2.05) is 0 Å². The van der Waals surface area contributed by atoms with Crippen LogP contribution in [0.15, 0.2) is 65.6 Å². The highest BCUT2D eigenvalue weighted by molar-refractivity contribution is 7.92. The highest BCUT2D eigenvalue weighted by Gasteiger charge is 2.16. The molecule has 35 heavy (non-hydrogen) atoms. The number of benzene rings is 3. The molecule has 3 aromatic rings. The van der Waals surface area contributed by atoms with Gasteiger partial charge in [-0.05, 0) is 48.4 Å². The van der Waals surface area contributed by atoms with Crippen LogP contribution in [0.2, 0.25) is 0 Å². The molecule has 1 aliphatic heterocycles. The molecule has 0 unspecified atom stereocenters. The molecule has 0 saturated carbocycles. The fourth-order valence-electron chi connectivity index (χ4n) is 3.55. The maximum atomic E-state index is 12.8. The van der Waals surface area contributed by atoms with Crippen LogP contribution in [-0.2, 0) is 21.2 Å². The Bertz CT molecular complexity index is 1310. The molecule has 1 heterocycles. The van der Waals surface area contributed by atoms with Crippen molar-refractivity contribution in [3.63, 3.8) is 0 Å². The van der Waals surface area contributed by atoms with E-state index in [0.717, 1.165) is 5.56 Å². The molecule has 0 atom stereocenters. The summed E-state index contributed by atoms with van der Waals surface area (Å²) >= 11 is 0. The molecule has 0 fully saturated rings. The average Bonchev–Trinajstić information content (AvgIpc) is 2.87. The number of methoxy groups -OCH3 is 2. The van der Waals surface area contributed by atoms with Gasteiger partial charge >= 0.3 is 0 Å². The normalized spacial score (nSPS) is 12.5. The second kappa shape index (κ2) is 10.6. The van der Waals surface area contributed by atoms with Crippen molar-refractivity contribution in [2.24, 2.45) is 0 Å². The first-order valence-electron chi connectivity index (χ1n) is 10.9. The minimum absolute atomic E-state index is 0.108. The molecule has 1 aliphatic rings. The summed E-state index contributed by atoms with van der Waals surface area (Å²) in [5.74, 6) is 2.02. The minimum atomic E-state index is -3.80. The fourth-order valence-corrected chi connectivity index (χ4v) is 4.60. The van der Waals surface area contributed by atoms with Gasteiger partial charge in [-0.3, -0.25) is 9.52 Å². The molecule has 3 aromatic carbocycles. The summed E-state index contributed by atoms with van der Waals surface area (Å²) in [5.41, 5.74) is 1.82. The molecule has 0 aliphatic carbocycles. The number of amides is 1. The SMILES string of the molecule is COc1ccc(NS(=O)(=O)c2ccc(CCC(=O)Nc3ccc4c(c3)OCCO4)cc2)cc1OC. The summed E-state index contributed by atoms with van der Waals surface area (Å²) in [7, 11) is -0.819. The van der Waals surface area contributed by atoms with Gasteiger partial charge in [0.15, 0.2) is 23.0 Å². The number of hydrogen-bond acceptors (Lipinski definition) is 7. The smallest absolute Gasteiger partial charge is 0.261 e. The summed E-state index contributed by atoms with van der Waals surface area (Å²) in [6, 6.07) is 16.4. The number of sulfonamides is 1. The lowest BCUT2D eigenvalue weighted by Crippen LogP contribution is -2.16. The molecular formula is C25H26N2O7S. The van der Waals surface area contributed by atoms with Gasteiger partial charge in [-0.2, -0.15) is 0 Å². The number of hydrogen-bond donors (Lipinski definition) is 2. The molecule has 9 nitrogen and oxygen atoms in total. The van der Waals surface area contributed by atoms with Crippen LogP contribution in [0, 0.1) is 0 Å². The molecule has 0 bridgehead atoms. The number of aryl methyl sites for hydroxylation is 1. The Balaban J connectivity index is 1.34. The highest BCUT2D eigenvalue weighted by atomic mass is 32.2. The van der Waals surface area contributed by atoms with E-state index in [4.69, 9.17) is 18.9 Å². The standard InChI is InChI=1S/C25H26N2O7S/c1-31-21-10-7-19(16-23(21)32-2)27-35(29,30)20-8-3-17(4-9-20)5-12-25(28)26-18-6-11-22-24(15-18)34-14-13-33-22/h3-4,6-11,15-16,27H,5,12-14H2,1-2H3,(H,26,28). The lowest BCUT2D eigenvalue weighted by Gasteiger charge is -2.19. The largest absolute Gasteiger partial charge is 0.493 e. The summed E-state index contributed by atoms with van der Waals surface area (Å²) in [6.07, 6.45) is 0.699. The third kappa shape index (κ3) is 5.96. The topological polar surface area (TPSA) is 112 Å². The molecule has 1 amide bonds. The van der Waals surface area contributed by atoms with Gasteiger partial charge in [-0.1, -0.05) is 12.1 Å². The lowest BCUT2D eigenvalue weighted by molar-refractivity contribution is -0.116. The highest BCUT2D eigenvalue weighted by Crippen LogP contribution is 2.33. The Morgan fingerprint density at radius 2 is 1.54 bits per heavy atom. The third-order valence-electron chi connectivity index (χ3n) is 5.34. The van der Waals surface area contributed by atoms with Crippen molar-refractivity contribution in [2.75, 3.05) is 37.5 Å². The first-order chi connectivity index (χ1) is 16.9. The Hall–Kier alpha value is -3.92. The fraction of sp³-hybridized carbons (Fsp3) is 0.240. The zero-order valence-electron chi connectivity index (χ0n) is 19.4. The second-order valence-electron chi connectivity index (χ2n) is 7.73. The first-order valence-corrected chi connectivity index (χ1v) is 12.4. The monoisotopic (exact) mass is 498 g/mol. The van der Waals surface area contributed by atoms with E-state index in [-0.39, 0.29) is 17.2 Å². The van der Waals surface area contributed by atoms with Crippen molar-refractivity contribution in [3.05, 3.63) is 66.2 Å².